The van der Waals surface area contributed by atoms with E-state index < -0.39 is 6.09 Å². The van der Waals surface area contributed by atoms with Gasteiger partial charge in [-0.1, -0.05) is 19.1 Å². The van der Waals surface area contributed by atoms with Gasteiger partial charge in [0.15, 0.2) is 5.96 Å². The van der Waals surface area contributed by atoms with Crippen molar-refractivity contribution in [3.05, 3.63) is 29.8 Å². The van der Waals surface area contributed by atoms with E-state index in [0.29, 0.717) is 18.3 Å². The van der Waals surface area contributed by atoms with Gasteiger partial charge in [0.25, 0.3) is 0 Å². The fraction of sp³-hybridized carbons (Fsp3) is 0.556. The smallest absolute Gasteiger partial charge is 0.411 e. The van der Waals surface area contributed by atoms with Crippen LogP contribution in [-0.4, -0.2) is 32.3 Å². The van der Waals surface area contributed by atoms with Crippen LogP contribution >= 0.6 is 0 Å². The quantitative estimate of drug-likeness (QED) is 0.585. The molecule has 0 atom stereocenters. The largest absolute Gasteiger partial charge is 0.453 e. The number of ether oxygens (including phenoxy) is 1. The molecule has 132 valence electrons. The van der Waals surface area contributed by atoms with Crippen molar-refractivity contribution >= 4 is 17.7 Å². The Kier molecular flexibility index (Phi) is 6.90. The highest BCUT2D eigenvalue weighted by atomic mass is 16.5. The van der Waals surface area contributed by atoms with Crippen molar-refractivity contribution in [2.45, 2.75) is 45.2 Å². The molecule has 1 aromatic carbocycles. The van der Waals surface area contributed by atoms with Crippen molar-refractivity contribution in [2.24, 2.45) is 10.9 Å². The summed E-state index contributed by atoms with van der Waals surface area (Å²) in [6, 6.07) is 8.15. The average Bonchev–Trinajstić information content (AvgIpc) is 2.61. The van der Waals surface area contributed by atoms with E-state index in [1.165, 1.54) is 32.8 Å². The Morgan fingerprint density at radius 2 is 1.88 bits per heavy atom. The summed E-state index contributed by atoms with van der Waals surface area (Å²) >= 11 is 0. The summed E-state index contributed by atoms with van der Waals surface area (Å²) in [6.45, 7) is 3.00. The van der Waals surface area contributed by atoms with Crippen LogP contribution in [0.25, 0.3) is 0 Å². The number of nitrogens with one attached hydrogen (secondary N) is 3. The summed E-state index contributed by atoms with van der Waals surface area (Å²) in [5, 5.41) is 9.48. The van der Waals surface area contributed by atoms with Gasteiger partial charge in [-0.2, -0.15) is 0 Å². The second kappa shape index (κ2) is 9.15. The topological polar surface area (TPSA) is 74.8 Å². The van der Waals surface area contributed by atoms with Crippen molar-refractivity contribution in [3.63, 3.8) is 0 Å². The highest BCUT2D eigenvalue weighted by Crippen LogP contribution is 2.23. The van der Waals surface area contributed by atoms with Crippen LogP contribution in [0.5, 0.6) is 0 Å². The molecule has 1 aromatic rings. The van der Waals surface area contributed by atoms with Gasteiger partial charge in [0.1, 0.15) is 0 Å². The Morgan fingerprint density at radius 3 is 2.46 bits per heavy atom. The lowest BCUT2D eigenvalue weighted by molar-refractivity contribution is 0.187. The number of amides is 1. The Bertz CT molecular complexity index is 549. The van der Waals surface area contributed by atoms with E-state index >= 15 is 0 Å². The molecule has 0 saturated heterocycles. The third-order valence-corrected chi connectivity index (χ3v) is 4.43. The van der Waals surface area contributed by atoms with Crippen LogP contribution in [0.4, 0.5) is 10.5 Å². The van der Waals surface area contributed by atoms with Crippen LogP contribution in [-0.2, 0) is 11.3 Å². The summed E-state index contributed by atoms with van der Waals surface area (Å²) in [5.74, 6) is 1.68. The zero-order valence-electron chi connectivity index (χ0n) is 14.8. The molecule has 1 fully saturated rings. The highest BCUT2D eigenvalue weighted by molar-refractivity contribution is 5.84. The summed E-state index contributed by atoms with van der Waals surface area (Å²) in [6.07, 6.45) is 4.50. The Morgan fingerprint density at radius 1 is 1.21 bits per heavy atom. The maximum atomic E-state index is 11.2. The lowest BCUT2D eigenvalue weighted by Crippen LogP contribution is -2.44. The molecule has 0 aliphatic heterocycles. The first-order chi connectivity index (χ1) is 11.6. The zero-order chi connectivity index (χ0) is 17.4. The minimum absolute atomic E-state index is 0.465. The number of rotatable bonds is 4. The monoisotopic (exact) mass is 332 g/mol. The lowest BCUT2D eigenvalue weighted by atomic mass is 9.87. The number of hydrogen-bond donors (Lipinski definition) is 3. The molecule has 0 heterocycles. The molecule has 0 bridgehead atoms. The third kappa shape index (κ3) is 5.76. The second-order valence-electron chi connectivity index (χ2n) is 6.34. The molecular weight excluding hydrogens is 304 g/mol. The van der Waals surface area contributed by atoms with Crippen LogP contribution in [0.15, 0.2) is 29.3 Å². The molecule has 0 aromatic heterocycles. The molecule has 2 rings (SSSR count). The first kappa shape index (κ1) is 18.1. The minimum atomic E-state index is -0.465. The van der Waals surface area contributed by atoms with Gasteiger partial charge in [-0.15, -0.1) is 0 Å². The number of guanidine groups is 1. The lowest BCUT2D eigenvalue weighted by Gasteiger charge is -2.28. The van der Waals surface area contributed by atoms with Crippen LogP contribution in [0.2, 0.25) is 0 Å². The molecule has 24 heavy (non-hydrogen) atoms. The van der Waals surface area contributed by atoms with Gasteiger partial charge >= 0.3 is 6.09 Å². The molecule has 1 amide bonds. The number of carbonyl (C=O) groups excluding carboxylic acids is 1. The maximum absolute atomic E-state index is 11.2. The molecule has 1 aliphatic carbocycles. The van der Waals surface area contributed by atoms with E-state index in [4.69, 9.17) is 0 Å². The van der Waals surface area contributed by atoms with Crippen molar-refractivity contribution in [1.29, 1.82) is 0 Å². The molecule has 0 unspecified atom stereocenters. The predicted molar refractivity (Wildman–Crippen MR) is 97.2 cm³/mol. The first-order valence-electron chi connectivity index (χ1n) is 8.51. The Labute approximate surface area is 144 Å². The van der Waals surface area contributed by atoms with E-state index in [1.807, 2.05) is 24.3 Å². The molecule has 0 spiro atoms. The minimum Gasteiger partial charge on any atom is -0.453 e. The molecule has 0 radical (unpaired) electrons. The first-order valence-corrected chi connectivity index (χ1v) is 8.51. The summed E-state index contributed by atoms with van der Waals surface area (Å²) in [5.41, 5.74) is 1.83. The van der Waals surface area contributed by atoms with E-state index in [0.717, 1.165) is 17.4 Å². The van der Waals surface area contributed by atoms with E-state index in [9.17, 15) is 4.79 Å². The summed E-state index contributed by atoms with van der Waals surface area (Å²) in [4.78, 5) is 15.5. The SMILES string of the molecule is CN=C(NCc1ccc(NC(=O)OC)cc1)NC1CCC(C)CC1. The number of benzene rings is 1. The third-order valence-electron chi connectivity index (χ3n) is 4.43. The second-order valence-corrected chi connectivity index (χ2v) is 6.34. The van der Waals surface area contributed by atoms with Crippen LogP contribution in [0, 0.1) is 5.92 Å². The van der Waals surface area contributed by atoms with Crippen molar-refractivity contribution < 1.29 is 9.53 Å². The number of carbonyl (C=O) groups is 1. The van der Waals surface area contributed by atoms with Gasteiger partial charge in [-0.3, -0.25) is 10.3 Å². The van der Waals surface area contributed by atoms with E-state index in [1.54, 1.807) is 7.05 Å². The number of methoxy groups -OCH3 is 1. The molecule has 1 aliphatic rings. The summed E-state index contributed by atoms with van der Waals surface area (Å²) < 4.78 is 4.57. The van der Waals surface area contributed by atoms with Crippen molar-refractivity contribution in [3.8, 4) is 0 Å². The van der Waals surface area contributed by atoms with Gasteiger partial charge in [-0.25, -0.2) is 4.79 Å². The van der Waals surface area contributed by atoms with Crippen LogP contribution in [0.1, 0.15) is 38.2 Å². The van der Waals surface area contributed by atoms with Crippen molar-refractivity contribution in [2.75, 3.05) is 19.5 Å². The number of nitrogens with zero attached hydrogens (tertiary/aromatic N) is 1. The van der Waals surface area contributed by atoms with Gasteiger partial charge in [0.05, 0.1) is 7.11 Å². The van der Waals surface area contributed by atoms with Crippen LogP contribution < -0.4 is 16.0 Å². The molecule has 3 N–H and O–H groups in total. The van der Waals surface area contributed by atoms with Crippen molar-refractivity contribution in [1.82, 2.24) is 10.6 Å². The predicted octanol–water partition coefficient (Wildman–Crippen LogP) is 3.11. The van der Waals surface area contributed by atoms with Crippen LogP contribution in [0.3, 0.4) is 0 Å². The van der Waals surface area contributed by atoms with Gasteiger partial charge in [-0.05, 0) is 49.3 Å². The molecule has 1 saturated carbocycles. The Balaban J connectivity index is 1.79. The normalized spacial score (nSPS) is 21.0. The van der Waals surface area contributed by atoms with Gasteiger partial charge < -0.3 is 15.4 Å². The number of hydrogen-bond acceptors (Lipinski definition) is 3. The average molecular weight is 332 g/mol. The number of anilines is 1. The van der Waals surface area contributed by atoms with Gasteiger partial charge in [0, 0.05) is 25.3 Å². The maximum Gasteiger partial charge on any atom is 0.411 e. The highest BCUT2D eigenvalue weighted by Gasteiger charge is 2.18. The summed E-state index contributed by atoms with van der Waals surface area (Å²) in [7, 11) is 3.14. The Hall–Kier alpha value is -2.24. The molecular formula is C18H28N4O2. The molecule has 6 heteroatoms. The fourth-order valence-electron chi connectivity index (χ4n) is 2.85. The zero-order valence-corrected chi connectivity index (χ0v) is 14.8. The van der Waals surface area contributed by atoms with E-state index in [-0.39, 0.29) is 0 Å². The van der Waals surface area contributed by atoms with Gasteiger partial charge in [0.2, 0.25) is 0 Å². The molecule has 6 nitrogen and oxygen atoms in total. The van der Waals surface area contributed by atoms with E-state index in [2.05, 4.69) is 32.6 Å². The fourth-order valence-corrected chi connectivity index (χ4v) is 2.85. The number of aliphatic imine (C=N–C) groups is 1. The standard InChI is InChI=1S/C18H28N4O2/c1-13-4-8-15(9-5-13)21-17(19-2)20-12-14-6-10-16(11-7-14)22-18(23)24-3/h6-7,10-11,13,15H,4-5,8-9,12H2,1-3H3,(H,22,23)(H2,19,20,21).